The van der Waals surface area contributed by atoms with Gasteiger partial charge in [0.05, 0.1) is 25.4 Å². The molecule has 3 rings (SSSR count). The summed E-state index contributed by atoms with van der Waals surface area (Å²) < 4.78 is 11.2. The average Bonchev–Trinajstić information content (AvgIpc) is 2.83. The van der Waals surface area contributed by atoms with Gasteiger partial charge >= 0.3 is 5.97 Å². The van der Waals surface area contributed by atoms with Crippen LogP contribution in [-0.2, 0) is 4.79 Å². The summed E-state index contributed by atoms with van der Waals surface area (Å²) in [6.07, 6.45) is 1.43. The second kappa shape index (κ2) is 11.6. The molecule has 3 aromatic carbocycles. The molecule has 0 aromatic heterocycles. The molecule has 2 amide bonds. The topological polar surface area (TPSA) is 106 Å². The Morgan fingerprint density at radius 3 is 2.30 bits per heavy atom. The number of halogens is 1. The van der Waals surface area contributed by atoms with Crippen molar-refractivity contribution in [3.05, 3.63) is 94.0 Å². The Balaban J connectivity index is 1.45. The van der Waals surface area contributed by atoms with E-state index in [0.717, 1.165) is 4.47 Å². The molecule has 0 unspecified atom stereocenters. The van der Waals surface area contributed by atoms with Crippen LogP contribution < -0.4 is 20.2 Å². The fraction of sp³-hybridized carbons (Fsp3) is 0.0833. The molecule has 0 radical (unpaired) electrons. The molecule has 0 saturated carbocycles. The number of hydrogen-bond acceptors (Lipinski definition) is 6. The number of methoxy groups -OCH3 is 1. The van der Waals surface area contributed by atoms with Gasteiger partial charge in [-0.2, -0.15) is 5.10 Å². The number of rotatable bonds is 8. The minimum absolute atomic E-state index is 0.219. The van der Waals surface area contributed by atoms with Crippen LogP contribution in [0.1, 0.15) is 26.3 Å². The van der Waals surface area contributed by atoms with Crippen LogP contribution in [-0.4, -0.2) is 37.7 Å². The number of nitrogens with one attached hydrogen (secondary N) is 2. The van der Waals surface area contributed by atoms with E-state index in [-0.39, 0.29) is 12.5 Å². The first-order valence-corrected chi connectivity index (χ1v) is 10.6. The normalized spacial score (nSPS) is 10.5. The van der Waals surface area contributed by atoms with E-state index in [2.05, 4.69) is 31.8 Å². The molecular weight excluding hydrogens is 490 g/mol. The number of ether oxygens (including phenoxy) is 2. The first-order chi connectivity index (χ1) is 15.9. The van der Waals surface area contributed by atoms with Gasteiger partial charge in [0.15, 0.2) is 0 Å². The standard InChI is InChI=1S/C24H20BrN3O5/c1-32-20-11-7-17(8-12-20)24(31)33-21-9-5-16(6-10-21)14-27-28-22(29)15-26-23(30)18-3-2-4-19(25)13-18/h2-14H,15H2,1H3,(H,26,30)(H,28,29)/b27-14+. The Bertz CT molecular complexity index is 1160. The van der Waals surface area contributed by atoms with E-state index < -0.39 is 11.9 Å². The summed E-state index contributed by atoms with van der Waals surface area (Å²) in [6.45, 7) is -0.219. The number of carbonyl (C=O) groups excluding carboxylic acids is 3. The van der Waals surface area contributed by atoms with Crippen LogP contribution in [0.4, 0.5) is 0 Å². The molecule has 0 bridgehead atoms. The first kappa shape index (κ1) is 23.7. The second-order valence-corrected chi connectivity index (χ2v) is 7.59. The predicted molar refractivity (Wildman–Crippen MR) is 127 cm³/mol. The summed E-state index contributed by atoms with van der Waals surface area (Å²) >= 11 is 3.29. The molecule has 0 aliphatic heterocycles. The zero-order chi connectivity index (χ0) is 23.6. The number of amides is 2. The minimum Gasteiger partial charge on any atom is -0.497 e. The van der Waals surface area contributed by atoms with Crippen LogP contribution in [0.25, 0.3) is 0 Å². The van der Waals surface area contributed by atoms with E-state index >= 15 is 0 Å². The van der Waals surface area contributed by atoms with E-state index in [9.17, 15) is 14.4 Å². The third-order valence-corrected chi connectivity index (χ3v) is 4.81. The number of benzene rings is 3. The van der Waals surface area contributed by atoms with Crippen molar-refractivity contribution in [2.24, 2.45) is 5.10 Å². The molecule has 0 aliphatic rings. The fourth-order valence-corrected chi connectivity index (χ4v) is 3.02. The van der Waals surface area contributed by atoms with Crippen LogP contribution in [0.15, 0.2) is 82.4 Å². The van der Waals surface area contributed by atoms with Gasteiger partial charge in [-0.1, -0.05) is 22.0 Å². The maximum absolute atomic E-state index is 12.2. The van der Waals surface area contributed by atoms with Gasteiger partial charge in [-0.05, 0) is 72.3 Å². The molecule has 0 heterocycles. The number of hydrazone groups is 1. The Labute approximate surface area is 198 Å². The van der Waals surface area contributed by atoms with Crippen LogP contribution in [0.5, 0.6) is 11.5 Å². The molecule has 168 valence electrons. The summed E-state index contributed by atoms with van der Waals surface area (Å²) in [5.74, 6) is -0.313. The average molecular weight is 510 g/mol. The highest BCUT2D eigenvalue weighted by atomic mass is 79.9. The van der Waals surface area contributed by atoms with Gasteiger partial charge < -0.3 is 14.8 Å². The van der Waals surface area contributed by atoms with E-state index in [1.807, 2.05) is 0 Å². The number of hydrogen-bond donors (Lipinski definition) is 2. The largest absolute Gasteiger partial charge is 0.497 e. The molecule has 0 aliphatic carbocycles. The van der Waals surface area contributed by atoms with Gasteiger partial charge in [0.2, 0.25) is 0 Å². The third kappa shape index (κ3) is 7.29. The monoisotopic (exact) mass is 509 g/mol. The Kier molecular flexibility index (Phi) is 8.31. The molecule has 0 atom stereocenters. The highest BCUT2D eigenvalue weighted by Crippen LogP contribution is 2.16. The maximum Gasteiger partial charge on any atom is 0.343 e. The van der Waals surface area contributed by atoms with Crippen molar-refractivity contribution < 1.29 is 23.9 Å². The third-order valence-electron chi connectivity index (χ3n) is 4.32. The number of esters is 1. The molecule has 9 heteroatoms. The lowest BCUT2D eigenvalue weighted by Gasteiger charge is -2.06. The summed E-state index contributed by atoms with van der Waals surface area (Å²) in [7, 11) is 1.55. The first-order valence-electron chi connectivity index (χ1n) is 9.76. The molecule has 0 spiro atoms. The smallest absolute Gasteiger partial charge is 0.343 e. The maximum atomic E-state index is 12.2. The van der Waals surface area contributed by atoms with Crippen molar-refractivity contribution in [3.63, 3.8) is 0 Å². The number of nitrogens with zero attached hydrogens (tertiary/aromatic N) is 1. The Morgan fingerprint density at radius 1 is 0.939 bits per heavy atom. The van der Waals surface area contributed by atoms with E-state index in [1.165, 1.54) is 6.21 Å². The lowest BCUT2D eigenvalue weighted by Crippen LogP contribution is -2.34. The van der Waals surface area contributed by atoms with Crippen LogP contribution in [0.3, 0.4) is 0 Å². The summed E-state index contributed by atoms with van der Waals surface area (Å²) in [6, 6.07) is 20.0. The highest BCUT2D eigenvalue weighted by Gasteiger charge is 2.09. The summed E-state index contributed by atoms with van der Waals surface area (Å²) in [5.41, 5.74) is 3.85. The number of carbonyl (C=O) groups is 3. The Morgan fingerprint density at radius 2 is 1.64 bits per heavy atom. The molecule has 33 heavy (non-hydrogen) atoms. The van der Waals surface area contributed by atoms with Crippen molar-refractivity contribution in [2.45, 2.75) is 0 Å². The van der Waals surface area contributed by atoms with Gasteiger partial charge in [0.1, 0.15) is 11.5 Å². The molecule has 0 fully saturated rings. The SMILES string of the molecule is COc1ccc(C(=O)Oc2ccc(/C=N/NC(=O)CNC(=O)c3cccc(Br)c3)cc2)cc1. The zero-order valence-electron chi connectivity index (χ0n) is 17.6. The quantitative estimate of drug-likeness (QED) is 0.209. The van der Waals surface area contributed by atoms with Crippen LogP contribution in [0, 0.1) is 0 Å². The van der Waals surface area contributed by atoms with E-state index in [0.29, 0.717) is 28.2 Å². The van der Waals surface area contributed by atoms with Crippen molar-refractivity contribution in [2.75, 3.05) is 13.7 Å². The lowest BCUT2D eigenvalue weighted by molar-refractivity contribution is -0.120. The predicted octanol–water partition coefficient (Wildman–Crippen LogP) is 3.56. The fourth-order valence-electron chi connectivity index (χ4n) is 2.63. The second-order valence-electron chi connectivity index (χ2n) is 6.67. The highest BCUT2D eigenvalue weighted by molar-refractivity contribution is 9.10. The summed E-state index contributed by atoms with van der Waals surface area (Å²) in [4.78, 5) is 36.1. The zero-order valence-corrected chi connectivity index (χ0v) is 19.2. The molecular formula is C24H20BrN3O5. The molecule has 2 N–H and O–H groups in total. The van der Waals surface area contributed by atoms with Gasteiger partial charge in [-0.15, -0.1) is 0 Å². The molecule has 3 aromatic rings. The van der Waals surface area contributed by atoms with Crippen molar-refractivity contribution in [1.29, 1.82) is 0 Å². The van der Waals surface area contributed by atoms with Crippen molar-refractivity contribution >= 4 is 39.9 Å². The van der Waals surface area contributed by atoms with Crippen LogP contribution in [0.2, 0.25) is 0 Å². The van der Waals surface area contributed by atoms with Gasteiger partial charge in [0, 0.05) is 10.0 Å². The molecule has 0 saturated heterocycles. The van der Waals surface area contributed by atoms with Crippen LogP contribution >= 0.6 is 15.9 Å². The lowest BCUT2D eigenvalue weighted by atomic mass is 10.2. The van der Waals surface area contributed by atoms with Gasteiger partial charge in [-0.25, -0.2) is 10.2 Å². The van der Waals surface area contributed by atoms with Crippen molar-refractivity contribution in [3.8, 4) is 11.5 Å². The Hall–Kier alpha value is -3.98. The van der Waals surface area contributed by atoms with Crippen molar-refractivity contribution in [1.82, 2.24) is 10.7 Å². The summed E-state index contributed by atoms with van der Waals surface area (Å²) in [5, 5.41) is 6.38. The van der Waals surface area contributed by atoms with Gasteiger partial charge in [0.25, 0.3) is 11.8 Å². The van der Waals surface area contributed by atoms with E-state index in [1.54, 1.807) is 79.9 Å². The minimum atomic E-state index is -0.490. The van der Waals surface area contributed by atoms with Gasteiger partial charge in [-0.3, -0.25) is 9.59 Å². The molecule has 8 nitrogen and oxygen atoms in total. The van der Waals surface area contributed by atoms with E-state index in [4.69, 9.17) is 9.47 Å².